The minimum Gasteiger partial charge on any atom is -0.379 e. The molecule has 0 unspecified atom stereocenters. The topological polar surface area (TPSA) is 58.2 Å². The summed E-state index contributed by atoms with van der Waals surface area (Å²) in [7, 11) is -3.16. The van der Waals surface area contributed by atoms with Crippen LogP contribution >= 0.6 is 0 Å². The first-order chi connectivity index (χ1) is 10.3. The highest BCUT2D eigenvalue weighted by atomic mass is 32.2. The molecule has 118 valence electrons. The maximum Gasteiger partial charge on any atom is 0.209 e. The third-order valence-electron chi connectivity index (χ3n) is 3.45. The molecule has 0 aliphatic rings. The summed E-state index contributed by atoms with van der Waals surface area (Å²) in [4.78, 5) is 0. The second-order valence-electron chi connectivity index (χ2n) is 5.57. The van der Waals surface area contributed by atoms with Crippen LogP contribution in [-0.4, -0.2) is 14.7 Å². The van der Waals surface area contributed by atoms with Gasteiger partial charge in [-0.3, -0.25) is 0 Å². The molecule has 2 aromatic rings. The Labute approximate surface area is 132 Å². The van der Waals surface area contributed by atoms with Gasteiger partial charge in [0.2, 0.25) is 10.0 Å². The van der Waals surface area contributed by atoms with E-state index in [9.17, 15) is 8.42 Å². The van der Waals surface area contributed by atoms with E-state index in [0.717, 1.165) is 17.5 Å². The number of benzene rings is 2. The molecule has 2 rings (SSSR count). The van der Waals surface area contributed by atoms with Gasteiger partial charge in [0.05, 0.1) is 6.26 Å². The summed E-state index contributed by atoms with van der Waals surface area (Å²) in [5.74, 6) is 0. The summed E-state index contributed by atoms with van der Waals surface area (Å²) in [6.07, 6.45) is 1.16. The molecule has 0 saturated carbocycles. The Morgan fingerprint density at radius 2 is 1.59 bits per heavy atom. The van der Waals surface area contributed by atoms with Crippen LogP contribution in [0.3, 0.4) is 0 Å². The molecule has 4 nitrogen and oxygen atoms in total. The quantitative estimate of drug-likeness (QED) is 0.860. The van der Waals surface area contributed by atoms with E-state index in [0.29, 0.717) is 6.54 Å². The Kier molecular flexibility index (Phi) is 5.21. The van der Waals surface area contributed by atoms with Crippen molar-refractivity contribution in [1.82, 2.24) is 4.72 Å². The van der Waals surface area contributed by atoms with Gasteiger partial charge in [-0.2, -0.15) is 0 Å². The lowest BCUT2D eigenvalue weighted by molar-refractivity contribution is 0.587. The van der Waals surface area contributed by atoms with Crippen molar-refractivity contribution in [3.05, 3.63) is 65.2 Å². The highest BCUT2D eigenvalue weighted by Crippen LogP contribution is 2.20. The number of anilines is 1. The first kappa shape index (κ1) is 16.5. The summed E-state index contributed by atoms with van der Waals surface area (Å²) < 4.78 is 24.6. The number of hydrogen-bond acceptors (Lipinski definition) is 3. The zero-order valence-corrected chi connectivity index (χ0v) is 13.9. The number of hydrogen-bond donors (Lipinski definition) is 2. The van der Waals surface area contributed by atoms with Crippen molar-refractivity contribution in [1.29, 1.82) is 0 Å². The van der Waals surface area contributed by atoms with E-state index in [4.69, 9.17) is 0 Å². The largest absolute Gasteiger partial charge is 0.379 e. The van der Waals surface area contributed by atoms with Gasteiger partial charge in [0, 0.05) is 18.3 Å². The smallest absolute Gasteiger partial charge is 0.209 e. The van der Waals surface area contributed by atoms with Crippen LogP contribution in [0, 0.1) is 6.92 Å². The summed E-state index contributed by atoms with van der Waals surface area (Å²) in [5.41, 5.74) is 4.42. The Morgan fingerprint density at radius 1 is 1.00 bits per heavy atom. The maximum atomic E-state index is 11.1. The van der Waals surface area contributed by atoms with E-state index < -0.39 is 10.0 Å². The van der Waals surface area contributed by atoms with Gasteiger partial charge < -0.3 is 5.32 Å². The van der Waals surface area contributed by atoms with E-state index >= 15 is 0 Å². The first-order valence-electron chi connectivity index (χ1n) is 7.20. The highest BCUT2D eigenvalue weighted by Gasteiger charge is 2.05. The first-order valence-corrected chi connectivity index (χ1v) is 9.09. The predicted octanol–water partition coefficient (Wildman–Crippen LogP) is 3.22. The summed E-state index contributed by atoms with van der Waals surface area (Å²) in [6.45, 7) is 4.50. The van der Waals surface area contributed by atoms with Crippen LogP contribution in [0.15, 0.2) is 48.5 Å². The van der Waals surface area contributed by atoms with Gasteiger partial charge in [0.1, 0.15) is 0 Å². The van der Waals surface area contributed by atoms with E-state index in [-0.39, 0.29) is 6.04 Å². The monoisotopic (exact) mass is 318 g/mol. The number of rotatable bonds is 6. The highest BCUT2D eigenvalue weighted by molar-refractivity contribution is 7.88. The second kappa shape index (κ2) is 6.94. The van der Waals surface area contributed by atoms with Crippen molar-refractivity contribution in [2.75, 3.05) is 11.6 Å². The van der Waals surface area contributed by atoms with Crippen LogP contribution in [0.5, 0.6) is 0 Å². The molecule has 0 radical (unpaired) electrons. The third kappa shape index (κ3) is 5.16. The fraction of sp³-hybridized carbons (Fsp3) is 0.294. The fourth-order valence-electron chi connectivity index (χ4n) is 2.12. The van der Waals surface area contributed by atoms with Gasteiger partial charge >= 0.3 is 0 Å². The molecule has 2 aromatic carbocycles. The average molecular weight is 318 g/mol. The average Bonchev–Trinajstić information content (AvgIpc) is 2.46. The molecule has 0 aliphatic heterocycles. The molecule has 0 spiro atoms. The molecular weight excluding hydrogens is 296 g/mol. The minimum absolute atomic E-state index is 0.209. The third-order valence-corrected chi connectivity index (χ3v) is 4.12. The molecule has 0 heterocycles. The van der Waals surface area contributed by atoms with Gasteiger partial charge in [0.15, 0.2) is 0 Å². The van der Waals surface area contributed by atoms with Crippen LogP contribution in [0.25, 0.3) is 0 Å². The molecule has 2 N–H and O–H groups in total. The Hall–Kier alpha value is -1.85. The van der Waals surface area contributed by atoms with Crippen molar-refractivity contribution < 1.29 is 8.42 Å². The predicted molar refractivity (Wildman–Crippen MR) is 91.3 cm³/mol. The Bertz CT molecular complexity index is 707. The number of sulfonamides is 1. The summed E-state index contributed by atoms with van der Waals surface area (Å²) in [6, 6.07) is 16.4. The standard InChI is InChI=1S/C17H22N2O2S/c1-13-4-8-16(9-5-13)14(2)19-17-10-6-15(7-11-17)12-18-22(3,20)21/h4-11,14,18-19H,12H2,1-3H3/t14-/m0/s1. The van der Waals surface area contributed by atoms with Crippen LogP contribution in [0.2, 0.25) is 0 Å². The lowest BCUT2D eigenvalue weighted by Gasteiger charge is -2.16. The normalized spacial score (nSPS) is 12.9. The van der Waals surface area contributed by atoms with Gasteiger partial charge in [-0.1, -0.05) is 42.0 Å². The van der Waals surface area contributed by atoms with Crippen LogP contribution in [0.4, 0.5) is 5.69 Å². The second-order valence-corrected chi connectivity index (χ2v) is 7.40. The van der Waals surface area contributed by atoms with Crippen molar-refractivity contribution in [2.24, 2.45) is 0 Å². The zero-order valence-electron chi connectivity index (χ0n) is 13.1. The van der Waals surface area contributed by atoms with Crippen LogP contribution in [-0.2, 0) is 16.6 Å². The van der Waals surface area contributed by atoms with E-state index in [2.05, 4.69) is 48.2 Å². The molecule has 0 amide bonds. The lowest BCUT2D eigenvalue weighted by Crippen LogP contribution is -2.21. The molecule has 0 fully saturated rings. The SMILES string of the molecule is Cc1ccc([C@H](C)Nc2ccc(CNS(C)(=O)=O)cc2)cc1. The Morgan fingerprint density at radius 3 is 2.14 bits per heavy atom. The number of nitrogens with one attached hydrogen (secondary N) is 2. The summed E-state index contributed by atoms with van der Waals surface area (Å²) in [5, 5.41) is 3.44. The summed E-state index contributed by atoms with van der Waals surface area (Å²) >= 11 is 0. The molecule has 1 atom stereocenters. The molecule has 5 heteroatoms. The molecular formula is C17H22N2O2S. The van der Waals surface area contributed by atoms with E-state index in [1.54, 1.807) is 0 Å². The molecule has 22 heavy (non-hydrogen) atoms. The minimum atomic E-state index is -3.16. The Balaban J connectivity index is 1.97. The molecule has 0 aliphatic carbocycles. The van der Waals surface area contributed by atoms with Crippen molar-refractivity contribution >= 4 is 15.7 Å². The van der Waals surface area contributed by atoms with Crippen molar-refractivity contribution in [2.45, 2.75) is 26.4 Å². The molecule has 0 aromatic heterocycles. The van der Waals surface area contributed by atoms with E-state index in [1.165, 1.54) is 11.1 Å². The van der Waals surface area contributed by atoms with Gasteiger partial charge in [-0.15, -0.1) is 0 Å². The fourth-order valence-corrected chi connectivity index (χ4v) is 2.55. The van der Waals surface area contributed by atoms with Crippen LogP contribution < -0.4 is 10.0 Å². The van der Waals surface area contributed by atoms with Crippen molar-refractivity contribution in [3.63, 3.8) is 0 Å². The van der Waals surface area contributed by atoms with E-state index in [1.807, 2.05) is 24.3 Å². The molecule has 0 bridgehead atoms. The lowest BCUT2D eigenvalue weighted by atomic mass is 10.1. The van der Waals surface area contributed by atoms with Gasteiger partial charge in [-0.05, 0) is 37.1 Å². The van der Waals surface area contributed by atoms with Crippen molar-refractivity contribution in [3.8, 4) is 0 Å². The van der Waals surface area contributed by atoms with Gasteiger partial charge in [-0.25, -0.2) is 13.1 Å². The molecule has 0 saturated heterocycles. The number of aryl methyl sites for hydroxylation is 1. The van der Waals surface area contributed by atoms with Gasteiger partial charge in [0.25, 0.3) is 0 Å². The zero-order chi connectivity index (χ0) is 16.2. The maximum absolute atomic E-state index is 11.1. The van der Waals surface area contributed by atoms with Crippen LogP contribution in [0.1, 0.15) is 29.7 Å².